The summed E-state index contributed by atoms with van der Waals surface area (Å²) in [6.45, 7) is 4.33. The third-order valence-corrected chi connectivity index (χ3v) is 5.28. The van der Waals surface area contributed by atoms with Crippen LogP contribution < -0.4 is 29.9 Å². The molecule has 0 aliphatic carbocycles. The van der Waals surface area contributed by atoms with E-state index >= 15 is 0 Å². The predicted octanol–water partition coefficient (Wildman–Crippen LogP) is 2.88. The molecule has 3 N–H and O–H groups in total. The van der Waals surface area contributed by atoms with Gasteiger partial charge in [0.05, 0.1) is 40.8 Å². The number of ether oxygens (including phenoxy) is 4. The summed E-state index contributed by atoms with van der Waals surface area (Å²) in [4.78, 5) is 24.7. The molecule has 0 saturated carbocycles. The number of aromatic nitrogens is 3. The van der Waals surface area contributed by atoms with Crippen LogP contribution >= 0.6 is 0 Å². The molecule has 1 aliphatic rings. The van der Waals surface area contributed by atoms with E-state index < -0.39 is 5.97 Å². The number of hydrogen-bond donors (Lipinski definition) is 3. The molecule has 0 atom stereocenters. The summed E-state index contributed by atoms with van der Waals surface area (Å²) in [6, 6.07) is 13.6. The van der Waals surface area contributed by atoms with E-state index in [1.807, 2.05) is 30.3 Å². The second kappa shape index (κ2) is 14.9. The van der Waals surface area contributed by atoms with Crippen molar-refractivity contribution in [3.63, 3.8) is 0 Å². The smallest absolute Gasteiger partial charge is 0.300 e. The Labute approximate surface area is 226 Å². The summed E-state index contributed by atoms with van der Waals surface area (Å²) in [5.74, 6) is 2.09. The van der Waals surface area contributed by atoms with Gasteiger partial charge in [0, 0.05) is 32.1 Å². The Balaban J connectivity index is 0.000000983. The predicted molar refractivity (Wildman–Crippen MR) is 147 cm³/mol. The zero-order valence-electron chi connectivity index (χ0n) is 22.4. The fourth-order valence-corrected chi connectivity index (χ4v) is 3.52. The van der Waals surface area contributed by atoms with Crippen molar-refractivity contribution in [2.75, 3.05) is 63.3 Å². The highest BCUT2D eigenvalue weighted by atomic mass is 16.5. The van der Waals surface area contributed by atoms with Gasteiger partial charge in [-0.3, -0.25) is 4.79 Å². The summed E-state index contributed by atoms with van der Waals surface area (Å²) in [5, 5.41) is 15.0. The van der Waals surface area contributed by atoms with Crippen molar-refractivity contribution in [3.8, 4) is 17.2 Å². The highest BCUT2D eigenvalue weighted by molar-refractivity contribution is 5.83. The molecule has 1 fully saturated rings. The normalized spacial score (nSPS) is 12.8. The maximum Gasteiger partial charge on any atom is 0.300 e. The maximum absolute atomic E-state index is 9.00. The number of carbonyl (C=O) groups is 1. The molecule has 39 heavy (non-hydrogen) atoms. The molecule has 1 saturated heterocycles. The SMILES string of the molecule is CC(=O)O.COc1cc(/C=N/Nc2nc(NCc3ccccc3)nc(N3CCOCC3)n2)cc(OC)c1OC. The summed E-state index contributed by atoms with van der Waals surface area (Å²) in [6.07, 6.45) is 1.62. The van der Waals surface area contributed by atoms with Gasteiger partial charge in [-0.15, -0.1) is 0 Å². The van der Waals surface area contributed by atoms with Crippen LogP contribution in [0.5, 0.6) is 17.2 Å². The molecule has 2 heterocycles. The zero-order chi connectivity index (χ0) is 28.0. The van der Waals surface area contributed by atoms with Gasteiger partial charge in [-0.05, 0) is 17.7 Å². The molecule has 1 aromatic heterocycles. The Kier molecular flexibility index (Phi) is 11.1. The van der Waals surface area contributed by atoms with E-state index in [2.05, 4.69) is 35.7 Å². The highest BCUT2D eigenvalue weighted by Crippen LogP contribution is 2.37. The van der Waals surface area contributed by atoms with E-state index in [4.69, 9.17) is 28.8 Å². The monoisotopic (exact) mass is 539 g/mol. The van der Waals surface area contributed by atoms with Gasteiger partial charge in [0.25, 0.3) is 5.97 Å². The fourth-order valence-electron chi connectivity index (χ4n) is 3.52. The molecule has 0 amide bonds. The molecule has 208 valence electrons. The molecule has 13 heteroatoms. The molecule has 3 aromatic rings. The fraction of sp³-hybridized carbons (Fsp3) is 0.346. The summed E-state index contributed by atoms with van der Waals surface area (Å²) in [7, 11) is 4.70. The molecule has 0 radical (unpaired) electrons. The van der Waals surface area contributed by atoms with E-state index in [-0.39, 0.29) is 0 Å². The average molecular weight is 540 g/mol. The highest BCUT2D eigenvalue weighted by Gasteiger charge is 2.17. The second-order valence-corrected chi connectivity index (χ2v) is 8.07. The minimum absolute atomic E-state index is 0.320. The lowest BCUT2D eigenvalue weighted by Gasteiger charge is -2.27. The van der Waals surface area contributed by atoms with Gasteiger partial charge >= 0.3 is 0 Å². The van der Waals surface area contributed by atoms with Gasteiger partial charge in [-0.1, -0.05) is 30.3 Å². The minimum atomic E-state index is -0.833. The Morgan fingerprint density at radius 3 is 2.23 bits per heavy atom. The first-order valence-corrected chi connectivity index (χ1v) is 12.1. The van der Waals surface area contributed by atoms with Crippen LogP contribution in [0.15, 0.2) is 47.6 Å². The summed E-state index contributed by atoms with van der Waals surface area (Å²) < 4.78 is 21.6. The van der Waals surface area contributed by atoms with Crippen LogP contribution in [0.4, 0.5) is 17.8 Å². The Hall–Kier alpha value is -4.65. The van der Waals surface area contributed by atoms with Crippen LogP contribution in [0.1, 0.15) is 18.1 Å². The number of carboxylic acid groups (broad SMARTS) is 1. The van der Waals surface area contributed by atoms with Crippen molar-refractivity contribution in [2.24, 2.45) is 5.10 Å². The van der Waals surface area contributed by atoms with Crippen LogP contribution in [-0.4, -0.2) is 79.9 Å². The number of morpholine rings is 1. The Morgan fingerprint density at radius 2 is 1.64 bits per heavy atom. The van der Waals surface area contributed by atoms with E-state index in [1.54, 1.807) is 39.7 Å². The first-order valence-electron chi connectivity index (χ1n) is 12.1. The summed E-state index contributed by atoms with van der Waals surface area (Å²) in [5.41, 5.74) is 4.78. The number of nitrogens with one attached hydrogen (secondary N) is 2. The Morgan fingerprint density at radius 1 is 1.03 bits per heavy atom. The van der Waals surface area contributed by atoms with Crippen molar-refractivity contribution in [1.29, 1.82) is 0 Å². The van der Waals surface area contributed by atoms with Crippen LogP contribution in [0.2, 0.25) is 0 Å². The zero-order valence-corrected chi connectivity index (χ0v) is 22.4. The van der Waals surface area contributed by atoms with Crippen molar-refractivity contribution >= 4 is 30.0 Å². The minimum Gasteiger partial charge on any atom is -0.493 e. The van der Waals surface area contributed by atoms with E-state index in [0.717, 1.165) is 18.1 Å². The van der Waals surface area contributed by atoms with Crippen LogP contribution in [0, 0.1) is 0 Å². The van der Waals surface area contributed by atoms with Gasteiger partial charge in [0.15, 0.2) is 11.5 Å². The lowest BCUT2D eigenvalue weighted by atomic mass is 10.2. The number of hydrazone groups is 1. The van der Waals surface area contributed by atoms with Crippen LogP contribution in [0.3, 0.4) is 0 Å². The summed E-state index contributed by atoms with van der Waals surface area (Å²) >= 11 is 0. The lowest BCUT2D eigenvalue weighted by molar-refractivity contribution is -0.134. The first kappa shape index (κ1) is 28.9. The molecule has 2 aromatic carbocycles. The van der Waals surface area contributed by atoms with Gasteiger partial charge in [0.1, 0.15) is 0 Å². The average Bonchev–Trinajstić information content (AvgIpc) is 2.96. The maximum atomic E-state index is 9.00. The van der Waals surface area contributed by atoms with E-state index in [0.29, 0.717) is 67.9 Å². The van der Waals surface area contributed by atoms with Crippen molar-refractivity contribution < 1.29 is 28.8 Å². The van der Waals surface area contributed by atoms with Gasteiger partial charge < -0.3 is 34.3 Å². The lowest BCUT2D eigenvalue weighted by Crippen LogP contribution is -2.37. The Bertz CT molecular complexity index is 1210. The number of aliphatic carboxylic acids is 1. The number of rotatable bonds is 10. The van der Waals surface area contributed by atoms with Crippen LogP contribution in [-0.2, 0) is 16.1 Å². The number of hydrogen-bond acceptors (Lipinski definition) is 12. The molecular weight excluding hydrogens is 506 g/mol. The van der Waals surface area contributed by atoms with Gasteiger partial charge in [-0.2, -0.15) is 20.1 Å². The van der Waals surface area contributed by atoms with Crippen molar-refractivity contribution in [1.82, 2.24) is 15.0 Å². The topological polar surface area (TPSA) is 153 Å². The van der Waals surface area contributed by atoms with Crippen molar-refractivity contribution in [2.45, 2.75) is 13.5 Å². The number of carboxylic acids is 1. The van der Waals surface area contributed by atoms with E-state index in [9.17, 15) is 0 Å². The second-order valence-electron chi connectivity index (χ2n) is 8.07. The number of methoxy groups -OCH3 is 3. The molecular formula is C26H33N7O6. The molecule has 0 spiro atoms. The number of benzene rings is 2. The molecule has 13 nitrogen and oxygen atoms in total. The molecule has 4 rings (SSSR count). The van der Waals surface area contributed by atoms with Crippen LogP contribution in [0.25, 0.3) is 0 Å². The largest absolute Gasteiger partial charge is 0.493 e. The van der Waals surface area contributed by atoms with E-state index in [1.165, 1.54) is 0 Å². The molecule has 0 bridgehead atoms. The molecule has 1 aliphatic heterocycles. The number of anilines is 3. The van der Waals surface area contributed by atoms with Gasteiger partial charge in [-0.25, -0.2) is 5.43 Å². The quantitative estimate of drug-likeness (QED) is 0.256. The third kappa shape index (κ3) is 9.00. The number of nitrogens with zero attached hydrogens (tertiary/aromatic N) is 5. The third-order valence-electron chi connectivity index (χ3n) is 5.28. The first-order chi connectivity index (χ1) is 18.9. The standard InChI is InChI=1S/C24H29N7O4.C2H4O2/c1-32-19-13-18(14-20(33-2)21(19)34-3)16-26-30-23-27-22(25-15-17-7-5-4-6-8-17)28-24(29-23)31-9-11-35-12-10-31;1-2(3)4/h4-8,13-14,16H,9-12,15H2,1-3H3,(H2,25,27,28,29,30);1H3,(H,3,4)/b26-16+;. The van der Waals surface area contributed by atoms with Gasteiger partial charge in [0.2, 0.25) is 23.6 Å². The molecule has 0 unspecified atom stereocenters. The van der Waals surface area contributed by atoms with Crippen molar-refractivity contribution in [3.05, 3.63) is 53.6 Å².